The van der Waals surface area contributed by atoms with Crippen LogP contribution in [-0.2, 0) is 0 Å². The molecule has 1 nitrogen and oxygen atoms in total. The van der Waals surface area contributed by atoms with Crippen LogP contribution in [0, 0.1) is 0 Å². The third kappa shape index (κ3) is 2.06. The first-order chi connectivity index (χ1) is 4.50. The molecule has 0 amide bonds. The molecule has 68 valence electrons. The van der Waals surface area contributed by atoms with Crippen LogP contribution in [-0.4, -0.2) is 13.1 Å². The zero-order valence-corrected chi connectivity index (χ0v) is 9.95. The predicted octanol–water partition coefficient (Wildman–Crippen LogP) is 3.15. The molecule has 0 radical (unpaired) electrons. The van der Waals surface area contributed by atoms with E-state index < -0.39 is 8.32 Å². The van der Waals surface area contributed by atoms with Gasteiger partial charge in [0.1, 0.15) is 0 Å². The van der Waals surface area contributed by atoms with Gasteiger partial charge in [-0.25, -0.2) is 0 Å². The molecule has 0 fully saturated rings. The minimum absolute atomic E-state index is 0.0747. The molecule has 0 atom stereocenters. The molecular formula is C9H22OSi. The van der Waals surface area contributed by atoms with Gasteiger partial charge in [0.05, 0.1) is 0 Å². The SMILES string of the molecule is CC(C)(C)[Si](C)(O)C(C)(C)C. The average Bonchev–Trinajstić information content (AvgIpc) is 1.58. The first kappa shape index (κ1) is 11.2. The number of hydrogen-bond donors (Lipinski definition) is 1. The van der Waals surface area contributed by atoms with Gasteiger partial charge in [0.2, 0.25) is 0 Å². The Balaban J connectivity index is 4.75. The van der Waals surface area contributed by atoms with E-state index in [9.17, 15) is 4.80 Å². The van der Waals surface area contributed by atoms with Gasteiger partial charge in [-0.2, -0.15) is 0 Å². The van der Waals surface area contributed by atoms with E-state index in [1.54, 1.807) is 0 Å². The lowest BCUT2D eigenvalue weighted by Crippen LogP contribution is -2.49. The van der Waals surface area contributed by atoms with Crippen molar-refractivity contribution in [1.29, 1.82) is 0 Å². The standard InChI is InChI=1S/C9H22OSi/c1-8(2,3)11(7,10)9(4,5)6/h10H,1-7H3. The third-order valence-corrected chi connectivity index (χ3v) is 8.76. The fraction of sp³-hybridized carbons (Fsp3) is 1.00. The number of rotatable bonds is 0. The van der Waals surface area contributed by atoms with Gasteiger partial charge in [-0.3, -0.25) is 0 Å². The molecule has 0 saturated heterocycles. The van der Waals surface area contributed by atoms with Gasteiger partial charge in [-0.15, -0.1) is 0 Å². The normalized spacial score (nSPS) is 15.3. The van der Waals surface area contributed by atoms with Gasteiger partial charge in [0.15, 0.2) is 8.32 Å². The van der Waals surface area contributed by atoms with Crippen LogP contribution in [0.15, 0.2) is 0 Å². The van der Waals surface area contributed by atoms with E-state index in [-0.39, 0.29) is 10.1 Å². The average molecular weight is 174 g/mol. The highest BCUT2D eigenvalue weighted by molar-refractivity contribution is 6.76. The van der Waals surface area contributed by atoms with Gasteiger partial charge < -0.3 is 4.80 Å². The van der Waals surface area contributed by atoms with Gasteiger partial charge in [0.25, 0.3) is 0 Å². The number of hydrogen-bond acceptors (Lipinski definition) is 1. The Kier molecular flexibility index (Phi) is 2.64. The molecule has 0 aromatic rings. The lowest BCUT2D eigenvalue weighted by molar-refractivity contribution is 0.422. The second kappa shape index (κ2) is 2.59. The smallest absolute Gasteiger partial charge is 0.196 e. The maximum atomic E-state index is 10.3. The molecule has 0 spiro atoms. The summed E-state index contributed by atoms with van der Waals surface area (Å²) in [6.07, 6.45) is 0. The van der Waals surface area contributed by atoms with Crippen LogP contribution >= 0.6 is 0 Å². The Hall–Kier alpha value is 0.177. The molecule has 0 aromatic heterocycles. The Bertz CT molecular complexity index is 121. The summed E-state index contributed by atoms with van der Waals surface area (Å²) >= 11 is 0. The first-order valence-electron chi connectivity index (χ1n) is 4.22. The summed E-state index contributed by atoms with van der Waals surface area (Å²) in [6.45, 7) is 14.8. The minimum atomic E-state index is -2.11. The van der Waals surface area contributed by atoms with E-state index in [2.05, 4.69) is 41.5 Å². The fourth-order valence-electron chi connectivity index (χ4n) is 1.12. The van der Waals surface area contributed by atoms with E-state index in [0.29, 0.717) is 0 Å². The summed E-state index contributed by atoms with van der Waals surface area (Å²) in [5, 5.41) is 0.149. The van der Waals surface area contributed by atoms with E-state index >= 15 is 0 Å². The van der Waals surface area contributed by atoms with Crippen molar-refractivity contribution in [1.82, 2.24) is 0 Å². The molecule has 1 N–H and O–H groups in total. The molecule has 0 aromatic carbocycles. The summed E-state index contributed by atoms with van der Waals surface area (Å²) in [5.41, 5.74) is 0. The van der Waals surface area contributed by atoms with Crippen LogP contribution in [0.4, 0.5) is 0 Å². The molecule has 2 heteroatoms. The Morgan fingerprint density at radius 2 is 1.00 bits per heavy atom. The zero-order chi connectivity index (χ0) is 9.50. The van der Waals surface area contributed by atoms with Gasteiger partial charge in [-0.1, -0.05) is 41.5 Å². The van der Waals surface area contributed by atoms with Crippen molar-refractivity contribution >= 4 is 8.32 Å². The van der Waals surface area contributed by atoms with Crippen molar-refractivity contribution in [3.8, 4) is 0 Å². The fourth-order valence-corrected chi connectivity index (χ4v) is 3.38. The molecule has 0 heterocycles. The Labute approximate surface area is 72.0 Å². The van der Waals surface area contributed by atoms with E-state index in [1.807, 2.05) is 6.55 Å². The van der Waals surface area contributed by atoms with Crippen molar-refractivity contribution in [2.45, 2.75) is 58.2 Å². The summed E-state index contributed by atoms with van der Waals surface area (Å²) in [6, 6.07) is 0. The monoisotopic (exact) mass is 174 g/mol. The predicted molar refractivity (Wildman–Crippen MR) is 53.3 cm³/mol. The highest BCUT2D eigenvalue weighted by atomic mass is 28.4. The lowest BCUT2D eigenvalue weighted by Gasteiger charge is -2.44. The lowest BCUT2D eigenvalue weighted by atomic mass is 10.2. The molecule has 0 aliphatic carbocycles. The van der Waals surface area contributed by atoms with Crippen LogP contribution < -0.4 is 0 Å². The van der Waals surface area contributed by atoms with E-state index in [4.69, 9.17) is 0 Å². The summed E-state index contributed by atoms with van der Waals surface area (Å²) in [4.78, 5) is 10.3. The summed E-state index contributed by atoms with van der Waals surface area (Å²) in [5.74, 6) is 0. The zero-order valence-electron chi connectivity index (χ0n) is 8.95. The van der Waals surface area contributed by atoms with Crippen molar-refractivity contribution in [3.05, 3.63) is 0 Å². The highest BCUT2D eigenvalue weighted by Gasteiger charge is 2.48. The van der Waals surface area contributed by atoms with Gasteiger partial charge in [-0.05, 0) is 16.6 Å². The van der Waals surface area contributed by atoms with Gasteiger partial charge in [0, 0.05) is 0 Å². The molecule has 0 aliphatic rings. The van der Waals surface area contributed by atoms with Gasteiger partial charge >= 0.3 is 0 Å². The quantitative estimate of drug-likeness (QED) is 0.559. The molecule has 0 unspecified atom stereocenters. The van der Waals surface area contributed by atoms with Crippen LogP contribution in [0.1, 0.15) is 41.5 Å². The second-order valence-corrected chi connectivity index (χ2v) is 10.7. The van der Waals surface area contributed by atoms with Crippen molar-refractivity contribution in [2.24, 2.45) is 0 Å². The maximum Gasteiger partial charge on any atom is 0.196 e. The van der Waals surface area contributed by atoms with Crippen LogP contribution in [0.2, 0.25) is 16.6 Å². The Morgan fingerprint density at radius 1 is 0.818 bits per heavy atom. The molecule has 11 heavy (non-hydrogen) atoms. The third-order valence-electron chi connectivity index (χ3n) is 2.92. The summed E-state index contributed by atoms with van der Waals surface area (Å²) in [7, 11) is -2.11. The first-order valence-corrected chi connectivity index (χ1v) is 6.67. The van der Waals surface area contributed by atoms with Crippen molar-refractivity contribution in [2.75, 3.05) is 0 Å². The molecular weight excluding hydrogens is 152 g/mol. The molecule has 0 aliphatic heterocycles. The second-order valence-electron chi connectivity index (χ2n) is 5.57. The largest absolute Gasteiger partial charge is 0.431 e. The molecule has 0 bridgehead atoms. The van der Waals surface area contributed by atoms with Crippen LogP contribution in [0.25, 0.3) is 0 Å². The van der Waals surface area contributed by atoms with Crippen LogP contribution in [0.3, 0.4) is 0 Å². The Morgan fingerprint density at radius 3 is 1.00 bits per heavy atom. The maximum absolute atomic E-state index is 10.3. The van der Waals surface area contributed by atoms with E-state index in [1.165, 1.54) is 0 Å². The van der Waals surface area contributed by atoms with Crippen molar-refractivity contribution in [3.63, 3.8) is 0 Å². The highest BCUT2D eigenvalue weighted by Crippen LogP contribution is 2.48. The van der Waals surface area contributed by atoms with Crippen LogP contribution in [0.5, 0.6) is 0 Å². The van der Waals surface area contributed by atoms with E-state index in [0.717, 1.165) is 0 Å². The minimum Gasteiger partial charge on any atom is -0.431 e. The molecule has 0 rings (SSSR count). The summed E-state index contributed by atoms with van der Waals surface area (Å²) < 4.78 is 0. The van der Waals surface area contributed by atoms with Crippen molar-refractivity contribution < 1.29 is 4.80 Å². The topological polar surface area (TPSA) is 20.2 Å². The molecule has 0 saturated carbocycles.